The highest BCUT2D eigenvalue weighted by molar-refractivity contribution is 9.10. The van der Waals surface area contributed by atoms with Gasteiger partial charge >= 0.3 is 6.18 Å². The van der Waals surface area contributed by atoms with Crippen molar-refractivity contribution < 1.29 is 18.3 Å². The summed E-state index contributed by atoms with van der Waals surface area (Å²) in [5, 5.41) is 9.47. The Morgan fingerprint density at radius 2 is 2.05 bits per heavy atom. The molecule has 0 aliphatic heterocycles. The van der Waals surface area contributed by atoms with Gasteiger partial charge in [-0.25, -0.2) is 0 Å². The van der Waals surface area contributed by atoms with Crippen LogP contribution < -0.4 is 4.90 Å². The molecule has 1 unspecified atom stereocenters. The maximum Gasteiger partial charge on any atom is 0.405 e. The zero-order chi connectivity index (χ0) is 14.2. The van der Waals surface area contributed by atoms with Gasteiger partial charge in [-0.05, 0) is 53.4 Å². The number of anilines is 1. The molecule has 0 aromatic heterocycles. The Balaban J connectivity index is 2.27. The second-order valence-corrected chi connectivity index (χ2v) is 5.72. The molecule has 1 fully saturated rings. The Hall–Kier alpha value is -0.750. The van der Waals surface area contributed by atoms with E-state index >= 15 is 0 Å². The van der Waals surface area contributed by atoms with Crippen LogP contribution in [-0.2, 0) is 0 Å². The van der Waals surface area contributed by atoms with Gasteiger partial charge in [-0.15, -0.1) is 0 Å². The van der Waals surface area contributed by atoms with Gasteiger partial charge in [0.25, 0.3) is 0 Å². The van der Waals surface area contributed by atoms with Crippen molar-refractivity contribution in [2.75, 3.05) is 11.4 Å². The number of hydrogen-bond acceptors (Lipinski definition) is 2. The molecule has 1 aromatic carbocycles. The average Bonchev–Trinajstić information content (AvgIpc) is 3.08. The highest BCUT2D eigenvalue weighted by atomic mass is 79.9. The summed E-state index contributed by atoms with van der Waals surface area (Å²) < 4.78 is 38.5. The molecule has 1 atom stereocenters. The fourth-order valence-electron chi connectivity index (χ4n) is 2.01. The molecule has 1 aliphatic rings. The molecule has 6 heteroatoms. The molecule has 2 rings (SSSR count). The predicted molar refractivity (Wildman–Crippen MR) is 71.2 cm³/mol. The minimum absolute atomic E-state index is 0.0321. The van der Waals surface area contributed by atoms with Gasteiger partial charge < -0.3 is 10.0 Å². The summed E-state index contributed by atoms with van der Waals surface area (Å²) in [6.07, 6.45) is -3.27. The number of benzene rings is 1. The van der Waals surface area contributed by atoms with Gasteiger partial charge in [-0.1, -0.05) is 6.07 Å². The van der Waals surface area contributed by atoms with Crippen LogP contribution in [0, 0.1) is 0 Å². The quantitative estimate of drug-likeness (QED) is 0.896. The van der Waals surface area contributed by atoms with Crippen LogP contribution in [0.4, 0.5) is 18.9 Å². The third-order valence-electron chi connectivity index (χ3n) is 3.10. The minimum atomic E-state index is -4.22. The molecular weight excluding hydrogens is 323 g/mol. The molecule has 19 heavy (non-hydrogen) atoms. The molecule has 106 valence electrons. The Morgan fingerprint density at radius 3 is 2.47 bits per heavy atom. The topological polar surface area (TPSA) is 23.5 Å². The lowest BCUT2D eigenvalue weighted by atomic mass is 10.1. The standard InChI is InChI=1S/C13H15BrF3NO/c1-8(19)9-2-5-12(11(14)6-9)18(10-3-4-10)7-13(15,16)17/h2,5-6,8,10,19H,3-4,7H2,1H3. The van der Waals surface area contributed by atoms with E-state index in [1.54, 1.807) is 25.1 Å². The monoisotopic (exact) mass is 337 g/mol. The van der Waals surface area contributed by atoms with Crippen LogP contribution in [-0.4, -0.2) is 23.9 Å². The molecule has 0 spiro atoms. The van der Waals surface area contributed by atoms with Crippen molar-refractivity contribution in [1.82, 2.24) is 0 Å². The smallest absolute Gasteiger partial charge is 0.389 e. The Kier molecular flexibility index (Phi) is 4.11. The van der Waals surface area contributed by atoms with E-state index in [2.05, 4.69) is 15.9 Å². The number of aliphatic hydroxyl groups is 1. The van der Waals surface area contributed by atoms with E-state index in [0.717, 1.165) is 12.8 Å². The third-order valence-corrected chi connectivity index (χ3v) is 3.74. The zero-order valence-corrected chi connectivity index (χ0v) is 12.0. The van der Waals surface area contributed by atoms with Crippen LogP contribution in [0.25, 0.3) is 0 Å². The van der Waals surface area contributed by atoms with E-state index in [9.17, 15) is 18.3 Å². The Morgan fingerprint density at radius 1 is 1.42 bits per heavy atom. The number of halogens is 4. The van der Waals surface area contributed by atoms with Gasteiger partial charge in [0.05, 0.1) is 11.8 Å². The van der Waals surface area contributed by atoms with E-state index in [1.807, 2.05) is 0 Å². The lowest BCUT2D eigenvalue weighted by Gasteiger charge is -2.27. The van der Waals surface area contributed by atoms with Gasteiger partial charge in [0.1, 0.15) is 6.54 Å². The minimum Gasteiger partial charge on any atom is -0.389 e. The van der Waals surface area contributed by atoms with Gasteiger partial charge in [0.15, 0.2) is 0 Å². The van der Waals surface area contributed by atoms with E-state index < -0.39 is 18.8 Å². The van der Waals surface area contributed by atoms with Crippen molar-refractivity contribution in [1.29, 1.82) is 0 Å². The van der Waals surface area contributed by atoms with Crippen molar-refractivity contribution in [2.24, 2.45) is 0 Å². The SMILES string of the molecule is CC(O)c1ccc(N(CC(F)(F)F)C2CC2)c(Br)c1. The maximum absolute atomic E-state index is 12.6. The van der Waals surface area contributed by atoms with Gasteiger partial charge in [-0.2, -0.15) is 13.2 Å². The van der Waals surface area contributed by atoms with Crippen molar-refractivity contribution in [2.45, 2.75) is 38.1 Å². The van der Waals surface area contributed by atoms with E-state index in [-0.39, 0.29) is 6.04 Å². The maximum atomic E-state index is 12.6. The van der Waals surface area contributed by atoms with Crippen molar-refractivity contribution in [3.05, 3.63) is 28.2 Å². The molecule has 0 amide bonds. The Labute approximate surface area is 118 Å². The molecule has 0 radical (unpaired) electrons. The molecule has 0 saturated heterocycles. The summed E-state index contributed by atoms with van der Waals surface area (Å²) >= 11 is 3.30. The van der Waals surface area contributed by atoms with Crippen LogP contribution in [0.3, 0.4) is 0 Å². The first-order valence-electron chi connectivity index (χ1n) is 6.09. The van der Waals surface area contributed by atoms with E-state index in [1.165, 1.54) is 4.90 Å². The van der Waals surface area contributed by atoms with Crippen LogP contribution in [0.1, 0.15) is 31.4 Å². The van der Waals surface area contributed by atoms with Gasteiger partial charge in [0.2, 0.25) is 0 Å². The second kappa shape index (κ2) is 5.32. The number of nitrogens with zero attached hydrogens (tertiary/aromatic N) is 1. The predicted octanol–water partition coefficient (Wildman–Crippen LogP) is 4.03. The first-order chi connectivity index (χ1) is 8.78. The van der Waals surface area contributed by atoms with Crippen LogP contribution in [0.5, 0.6) is 0 Å². The number of aliphatic hydroxyl groups excluding tert-OH is 1. The number of rotatable bonds is 4. The van der Waals surface area contributed by atoms with Gasteiger partial charge in [0, 0.05) is 10.5 Å². The highest BCUT2D eigenvalue weighted by Gasteiger charge is 2.38. The fraction of sp³-hybridized carbons (Fsp3) is 0.538. The average molecular weight is 338 g/mol. The largest absolute Gasteiger partial charge is 0.405 e. The van der Waals surface area contributed by atoms with Crippen molar-refractivity contribution in [3.8, 4) is 0 Å². The first kappa shape index (κ1) is 14.7. The second-order valence-electron chi connectivity index (χ2n) is 4.86. The summed E-state index contributed by atoms with van der Waals surface area (Å²) in [5.41, 5.74) is 1.21. The van der Waals surface area contributed by atoms with Gasteiger partial charge in [-0.3, -0.25) is 0 Å². The lowest BCUT2D eigenvalue weighted by Crippen LogP contribution is -2.36. The van der Waals surface area contributed by atoms with Crippen LogP contribution in [0.2, 0.25) is 0 Å². The summed E-state index contributed by atoms with van der Waals surface area (Å²) in [5.74, 6) is 0. The zero-order valence-electron chi connectivity index (χ0n) is 10.4. The summed E-state index contributed by atoms with van der Waals surface area (Å²) in [6.45, 7) is 0.681. The normalized spacial score (nSPS) is 17.4. The molecule has 1 aliphatic carbocycles. The van der Waals surface area contributed by atoms with E-state index in [0.29, 0.717) is 15.7 Å². The van der Waals surface area contributed by atoms with Crippen LogP contribution in [0.15, 0.2) is 22.7 Å². The van der Waals surface area contributed by atoms with Crippen molar-refractivity contribution >= 4 is 21.6 Å². The highest BCUT2D eigenvalue weighted by Crippen LogP contribution is 2.38. The molecular formula is C13H15BrF3NO. The summed E-state index contributed by atoms with van der Waals surface area (Å²) in [4.78, 5) is 1.38. The van der Waals surface area contributed by atoms with Crippen molar-refractivity contribution in [3.63, 3.8) is 0 Å². The summed E-state index contributed by atoms with van der Waals surface area (Å²) in [6, 6.07) is 4.94. The fourth-order valence-corrected chi connectivity index (χ4v) is 2.63. The molecule has 1 saturated carbocycles. The summed E-state index contributed by atoms with van der Waals surface area (Å²) in [7, 11) is 0. The number of hydrogen-bond donors (Lipinski definition) is 1. The Bertz CT molecular complexity index is 458. The number of alkyl halides is 3. The molecule has 1 aromatic rings. The molecule has 2 nitrogen and oxygen atoms in total. The molecule has 0 heterocycles. The molecule has 1 N–H and O–H groups in total. The first-order valence-corrected chi connectivity index (χ1v) is 6.88. The lowest BCUT2D eigenvalue weighted by molar-refractivity contribution is -0.120. The van der Waals surface area contributed by atoms with E-state index in [4.69, 9.17) is 0 Å². The third kappa shape index (κ3) is 3.86. The molecule has 0 bridgehead atoms. The van der Waals surface area contributed by atoms with Crippen LogP contribution >= 0.6 is 15.9 Å².